The van der Waals surface area contributed by atoms with E-state index >= 15 is 0 Å². The number of carbonyl (C=O) groups excluding carboxylic acids is 1. The summed E-state index contributed by atoms with van der Waals surface area (Å²) in [7, 11) is 0. The molecule has 14 heavy (non-hydrogen) atoms. The molecule has 6 heteroatoms. The third-order valence-corrected chi connectivity index (χ3v) is 2.16. The number of aliphatic hydroxyl groups excluding tert-OH is 3. The van der Waals surface area contributed by atoms with Gasteiger partial charge in [-0.1, -0.05) is 0 Å². The first-order valence-corrected chi connectivity index (χ1v) is 4.40. The number of carbonyl (C=O) groups is 1. The fourth-order valence-corrected chi connectivity index (χ4v) is 1.51. The maximum atomic E-state index is 10.8. The van der Waals surface area contributed by atoms with Crippen molar-refractivity contribution in [1.29, 1.82) is 0 Å². The van der Waals surface area contributed by atoms with Crippen LogP contribution in [0.3, 0.4) is 0 Å². The average molecular weight is 205 g/mol. The van der Waals surface area contributed by atoms with Crippen LogP contribution in [0.15, 0.2) is 0 Å². The third-order valence-electron chi connectivity index (χ3n) is 2.16. The van der Waals surface area contributed by atoms with Crippen LogP contribution in [0.25, 0.3) is 0 Å². The molecule has 6 nitrogen and oxygen atoms in total. The lowest BCUT2D eigenvalue weighted by Crippen LogP contribution is -2.49. The Bertz CT molecular complexity index is 220. The second-order valence-corrected chi connectivity index (χ2v) is 3.45. The number of nitrogens with one attached hydrogen (secondary N) is 1. The van der Waals surface area contributed by atoms with E-state index in [9.17, 15) is 15.0 Å². The van der Waals surface area contributed by atoms with E-state index < -0.39 is 30.6 Å². The number of ether oxygens (including phenoxy) is 1. The number of hydrogen-bond donors (Lipinski definition) is 4. The van der Waals surface area contributed by atoms with Crippen molar-refractivity contribution in [2.24, 2.45) is 0 Å². The Morgan fingerprint density at radius 1 is 1.50 bits per heavy atom. The lowest BCUT2D eigenvalue weighted by atomic mass is 10.0. The van der Waals surface area contributed by atoms with Crippen molar-refractivity contribution >= 4 is 5.91 Å². The molecule has 0 aliphatic carbocycles. The Balaban J connectivity index is 2.70. The zero-order chi connectivity index (χ0) is 10.9. The second-order valence-electron chi connectivity index (χ2n) is 3.45. The van der Waals surface area contributed by atoms with Crippen LogP contribution in [-0.2, 0) is 9.53 Å². The van der Waals surface area contributed by atoms with Gasteiger partial charge in [0.25, 0.3) is 0 Å². The van der Waals surface area contributed by atoms with Gasteiger partial charge in [-0.2, -0.15) is 0 Å². The number of amides is 1. The lowest BCUT2D eigenvalue weighted by molar-refractivity contribution is -0.143. The van der Waals surface area contributed by atoms with Crippen LogP contribution in [0.4, 0.5) is 0 Å². The molecular formula is C8H15NO5. The van der Waals surface area contributed by atoms with Gasteiger partial charge in [-0.05, 0) is 6.92 Å². The predicted octanol–water partition coefficient (Wildman–Crippen LogP) is -2.05. The first kappa shape index (κ1) is 11.4. The maximum Gasteiger partial charge on any atom is 0.217 e. The summed E-state index contributed by atoms with van der Waals surface area (Å²) in [5, 5.41) is 30.3. The van der Waals surface area contributed by atoms with E-state index in [1.807, 2.05) is 0 Å². The van der Waals surface area contributed by atoms with Crippen LogP contribution < -0.4 is 5.32 Å². The molecule has 1 aliphatic heterocycles. The van der Waals surface area contributed by atoms with Crippen LogP contribution >= 0.6 is 0 Å². The third kappa shape index (κ3) is 2.21. The Hall–Kier alpha value is -0.690. The van der Waals surface area contributed by atoms with E-state index in [4.69, 9.17) is 9.84 Å². The van der Waals surface area contributed by atoms with Crippen LogP contribution in [0.5, 0.6) is 0 Å². The van der Waals surface area contributed by atoms with Crippen LogP contribution in [0.2, 0.25) is 0 Å². The topological polar surface area (TPSA) is 99.0 Å². The van der Waals surface area contributed by atoms with E-state index in [1.54, 1.807) is 0 Å². The molecule has 4 N–H and O–H groups in total. The number of rotatable bonds is 2. The summed E-state index contributed by atoms with van der Waals surface area (Å²) >= 11 is 0. The summed E-state index contributed by atoms with van der Waals surface area (Å²) in [6.45, 7) is 2.75. The Morgan fingerprint density at radius 2 is 2.07 bits per heavy atom. The largest absolute Gasteiger partial charge is 0.391 e. The van der Waals surface area contributed by atoms with Gasteiger partial charge in [0.1, 0.15) is 12.2 Å². The molecule has 5 atom stereocenters. The van der Waals surface area contributed by atoms with Gasteiger partial charge >= 0.3 is 0 Å². The quantitative estimate of drug-likeness (QED) is 0.416. The molecule has 0 aromatic heterocycles. The Morgan fingerprint density at radius 3 is 2.50 bits per heavy atom. The SMILES string of the molecule is CC(=O)NC1C(O)C(O)OC1C(C)O. The monoisotopic (exact) mass is 205 g/mol. The molecule has 0 bridgehead atoms. The lowest BCUT2D eigenvalue weighted by Gasteiger charge is -2.22. The van der Waals surface area contributed by atoms with Gasteiger partial charge in [-0.3, -0.25) is 4.79 Å². The Labute approximate surface area is 81.5 Å². The minimum absolute atomic E-state index is 0.350. The summed E-state index contributed by atoms with van der Waals surface area (Å²) < 4.78 is 4.89. The minimum atomic E-state index is -1.37. The molecule has 0 aromatic carbocycles. The van der Waals surface area contributed by atoms with Crippen LogP contribution in [-0.4, -0.2) is 51.9 Å². The van der Waals surface area contributed by atoms with Gasteiger partial charge in [0, 0.05) is 6.92 Å². The first-order chi connectivity index (χ1) is 6.43. The van der Waals surface area contributed by atoms with Crippen molar-refractivity contribution in [3.8, 4) is 0 Å². The molecule has 1 heterocycles. The molecule has 0 aromatic rings. The zero-order valence-electron chi connectivity index (χ0n) is 8.04. The first-order valence-electron chi connectivity index (χ1n) is 4.40. The molecule has 0 saturated carbocycles. The molecule has 0 spiro atoms. The minimum Gasteiger partial charge on any atom is -0.391 e. The fraction of sp³-hybridized carbons (Fsp3) is 0.875. The smallest absolute Gasteiger partial charge is 0.217 e. The predicted molar refractivity (Wildman–Crippen MR) is 46.2 cm³/mol. The summed E-state index contributed by atoms with van der Waals surface area (Å²) in [6.07, 6.45) is -4.24. The number of aliphatic hydroxyl groups is 3. The zero-order valence-corrected chi connectivity index (χ0v) is 8.04. The number of hydrogen-bond acceptors (Lipinski definition) is 5. The highest BCUT2D eigenvalue weighted by atomic mass is 16.6. The highest BCUT2D eigenvalue weighted by Crippen LogP contribution is 2.22. The summed E-state index contributed by atoms with van der Waals surface area (Å²) in [4.78, 5) is 10.8. The molecular weight excluding hydrogens is 190 g/mol. The molecule has 0 radical (unpaired) electrons. The van der Waals surface area contributed by atoms with Crippen molar-refractivity contribution in [1.82, 2.24) is 5.32 Å². The van der Waals surface area contributed by atoms with Gasteiger partial charge in [0.15, 0.2) is 6.29 Å². The van der Waals surface area contributed by atoms with Crippen LogP contribution in [0, 0.1) is 0 Å². The molecule has 82 valence electrons. The highest BCUT2D eigenvalue weighted by molar-refractivity contribution is 5.73. The van der Waals surface area contributed by atoms with E-state index in [0.29, 0.717) is 0 Å². The van der Waals surface area contributed by atoms with Gasteiger partial charge < -0.3 is 25.4 Å². The summed E-state index contributed by atoms with van der Waals surface area (Å²) in [6, 6.07) is -0.775. The Kier molecular flexibility index (Phi) is 3.43. The maximum absolute atomic E-state index is 10.8. The summed E-state index contributed by atoms with van der Waals surface area (Å²) in [5.41, 5.74) is 0. The molecule has 5 unspecified atom stereocenters. The van der Waals surface area contributed by atoms with E-state index in [2.05, 4.69) is 5.32 Å². The van der Waals surface area contributed by atoms with Crippen molar-refractivity contribution < 1.29 is 24.9 Å². The van der Waals surface area contributed by atoms with Crippen molar-refractivity contribution in [2.45, 2.75) is 44.5 Å². The van der Waals surface area contributed by atoms with Gasteiger partial charge in [-0.15, -0.1) is 0 Å². The van der Waals surface area contributed by atoms with E-state index in [0.717, 1.165) is 0 Å². The van der Waals surface area contributed by atoms with Crippen molar-refractivity contribution in [3.63, 3.8) is 0 Å². The normalized spacial score (nSPS) is 39.5. The van der Waals surface area contributed by atoms with Crippen molar-refractivity contribution in [3.05, 3.63) is 0 Å². The highest BCUT2D eigenvalue weighted by Gasteiger charge is 2.45. The molecule has 1 saturated heterocycles. The molecule has 1 fully saturated rings. The summed E-state index contributed by atoms with van der Waals surface area (Å²) in [5.74, 6) is -0.350. The fourth-order valence-electron chi connectivity index (χ4n) is 1.51. The molecule has 1 aliphatic rings. The second kappa shape index (κ2) is 4.22. The van der Waals surface area contributed by atoms with E-state index in [-0.39, 0.29) is 5.91 Å². The van der Waals surface area contributed by atoms with E-state index in [1.165, 1.54) is 13.8 Å². The standard InChI is InChI=1S/C8H15NO5/c1-3(10)7-5(9-4(2)11)6(12)8(13)14-7/h3,5-8,10,12-13H,1-2H3,(H,9,11). The van der Waals surface area contributed by atoms with Gasteiger partial charge in [0.2, 0.25) is 5.91 Å². The van der Waals surface area contributed by atoms with Crippen molar-refractivity contribution in [2.75, 3.05) is 0 Å². The van der Waals surface area contributed by atoms with Crippen LogP contribution in [0.1, 0.15) is 13.8 Å². The molecule has 1 rings (SSSR count). The molecule has 1 amide bonds. The van der Waals surface area contributed by atoms with Gasteiger partial charge in [-0.25, -0.2) is 0 Å². The van der Waals surface area contributed by atoms with Gasteiger partial charge in [0.05, 0.1) is 12.1 Å². The average Bonchev–Trinajstić information content (AvgIpc) is 2.32.